The van der Waals surface area contributed by atoms with Crippen LogP contribution in [0, 0.1) is 0 Å². The molecule has 4 rings (SSSR count). The van der Waals surface area contributed by atoms with E-state index in [1.807, 2.05) is 24.3 Å². The van der Waals surface area contributed by atoms with Crippen molar-refractivity contribution >= 4 is 33.2 Å². The third-order valence-electron chi connectivity index (χ3n) is 4.93. The van der Waals surface area contributed by atoms with Crippen molar-refractivity contribution in [1.29, 1.82) is 0 Å². The summed E-state index contributed by atoms with van der Waals surface area (Å²) in [5.41, 5.74) is 1.95. The number of carbonyl (C=O) groups is 1. The summed E-state index contributed by atoms with van der Waals surface area (Å²) >= 11 is 6.24. The van der Waals surface area contributed by atoms with Gasteiger partial charge in [-0.3, -0.25) is 4.79 Å². The van der Waals surface area contributed by atoms with E-state index in [-0.39, 0.29) is 28.2 Å². The Balaban J connectivity index is 1.62. The van der Waals surface area contributed by atoms with Gasteiger partial charge in [0.05, 0.1) is 16.4 Å². The molecular formula is C19H18ClN5O4S. The summed E-state index contributed by atoms with van der Waals surface area (Å²) < 4.78 is 34.7. The summed E-state index contributed by atoms with van der Waals surface area (Å²) in [6.07, 6.45) is 3.02. The van der Waals surface area contributed by atoms with E-state index in [1.54, 1.807) is 17.9 Å². The van der Waals surface area contributed by atoms with Crippen LogP contribution in [-0.4, -0.2) is 47.0 Å². The second-order valence-corrected chi connectivity index (χ2v) is 9.12. The predicted molar refractivity (Wildman–Crippen MR) is 110 cm³/mol. The van der Waals surface area contributed by atoms with Crippen molar-refractivity contribution in [3.8, 4) is 11.4 Å². The van der Waals surface area contributed by atoms with Gasteiger partial charge in [-0.1, -0.05) is 23.7 Å². The van der Waals surface area contributed by atoms with Crippen molar-refractivity contribution in [1.82, 2.24) is 19.1 Å². The number of hydrogen-bond acceptors (Lipinski definition) is 6. The Hall–Kier alpha value is -2.95. The Bertz CT molecular complexity index is 1200. The van der Waals surface area contributed by atoms with Crippen LogP contribution in [0.2, 0.25) is 5.02 Å². The highest BCUT2D eigenvalue weighted by Gasteiger charge is 2.30. The van der Waals surface area contributed by atoms with E-state index in [9.17, 15) is 13.2 Å². The summed E-state index contributed by atoms with van der Waals surface area (Å²) in [5.74, 6) is -0.0648. The molecule has 0 saturated carbocycles. The maximum atomic E-state index is 13.2. The number of fused-ring (bicyclic) bond motifs is 1. The van der Waals surface area contributed by atoms with Crippen LogP contribution < -0.4 is 10.1 Å². The molecule has 0 fully saturated rings. The van der Waals surface area contributed by atoms with Crippen LogP contribution in [0.4, 0.5) is 5.69 Å². The maximum absolute atomic E-state index is 13.2. The van der Waals surface area contributed by atoms with Gasteiger partial charge in [-0.05, 0) is 30.7 Å². The van der Waals surface area contributed by atoms with E-state index in [1.165, 1.54) is 29.8 Å². The largest absolute Gasteiger partial charge is 0.482 e. The van der Waals surface area contributed by atoms with Crippen LogP contribution in [0.25, 0.3) is 5.69 Å². The maximum Gasteiger partial charge on any atom is 0.262 e. The van der Waals surface area contributed by atoms with Gasteiger partial charge in [0.1, 0.15) is 23.3 Å². The molecule has 0 saturated heterocycles. The first-order valence-corrected chi connectivity index (χ1v) is 10.8. The fourth-order valence-electron chi connectivity index (χ4n) is 3.10. The van der Waals surface area contributed by atoms with E-state index < -0.39 is 16.1 Å². The zero-order chi connectivity index (χ0) is 21.5. The number of hydrogen-bond donors (Lipinski definition) is 1. The minimum absolute atomic E-state index is 0.000120. The highest BCUT2D eigenvalue weighted by Crippen LogP contribution is 2.38. The number of nitrogens with one attached hydrogen (secondary N) is 1. The molecule has 3 aromatic rings. The molecule has 1 amide bonds. The lowest BCUT2D eigenvalue weighted by Crippen LogP contribution is -2.30. The molecule has 30 heavy (non-hydrogen) atoms. The molecule has 1 N–H and O–H groups in total. The van der Waals surface area contributed by atoms with Crippen molar-refractivity contribution in [2.45, 2.75) is 17.9 Å². The van der Waals surface area contributed by atoms with Crippen LogP contribution in [0.3, 0.4) is 0 Å². The highest BCUT2D eigenvalue weighted by atomic mass is 35.5. The zero-order valence-electron chi connectivity index (χ0n) is 16.1. The number of benzene rings is 2. The summed E-state index contributed by atoms with van der Waals surface area (Å²) in [4.78, 5) is 15.3. The Morgan fingerprint density at radius 3 is 2.67 bits per heavy atom. The Morgan fingerprint density at radius 1 is 1.27 bits per heavy atom. The van der Waals surface area contributed by atoms with Crippen LogP contribution in [0.1, 0.15) is 18.5 Å². The SMILES string of the molecule is C[C@H](c1ccc(-n2cncn2)cc1)N(C)S(=O)(=O)c1cc2c(cc1Cl)NC(=O)CO2. The van der Waals surface area contributed by atoms with Gasteiger partial charge in [0.15, 0.2) is 6.61 Å². The van der Waals surface area contributed by atoms with Crippen molar-refractivity contribution in [3.05, 3.63) is 59.6 Å². The molecule has 9 nitrogen and oxygen atoms in total. The van der Waals surface area contributed by atoms with Gasteiger partial charge in [-0.25, -0.2) is 18.1 Å². The third kappa shape index (κ3) is 3.64. The second-order valence-electron chi connectivity index (χ2n) is 6.74. The molecule has 1 aliphatic heterocycles. The van der Waals surface area contributed by atoms with Crippen LogP contribution >= 0.6 is 11.6 Å². The van der Waals surface area contributed by atoms with Gasteiger partial charge in [0.2, 0.25) is 10.0 Å². The monoisotopic (exact) mass is 447 g/mol. The van der Waals surface area contributed by atoms with Gasteiger partial charge < -0.3 is 10.1 Å². The molecule has 11 heteroatoms. The smallest absolute Gasteiger partial charge is 0.262 e. The first kappa shape index (κ1) is 20.3. The van der Waals surface area contributed by atoms with Crippen molar-refractivity contribution in [3.63, 3.8) is 0 Å². The molecule has 0 spiro atoms. The van der Waals surface area contributed by atoms with Gasteiger partial charge in [-0.15, -0.1) is 0 Å². The van der Waals surface area contributed by atoms with Crippen molar-refractivity contribution in [2.75, 3.05) is 19.0 Å². The lowest BCUT2D eigenvalue weighted by Gasteiger charge is -2.26. The number of sulfonamides is 1. The average molecular weight is 448 g/mol. The molecule has 2 aromatic carbocycles. The Labute approximate surface area is 178 Å². The summed E-state index contributed by atoms with van der Waals surface area (Å²) in [5, 5.41) is 6.68. The standard InChI is InChI=1S/C19H18ClN5O4S/c1-12(13-3-5-14(6-4-13)25-11-21-10-22-25)24(2)30(27,28)18-8-17-16(7-15(18)20)23-19(26)9-29-17/h3-8,10-12H,9H2,1-2H3,(H,23,26)/t12-/m1/s1. The summed E-state index contributed by atoms with van der Waals surface area (Å²) in [6.45, 7) is 1.60. The first-order valence-electron chi connectivity index (χ1n) is 8.96. The van der Waals surface area contributed by atoms with E-state index in [4.69, 9.17) is 16.3 Å². The third-order valence-corrected chi connectivity index (χ3v) is 7.32. The first-order chi connectivity index (χ1) is 14.3. The fourth-order valence-corrected chi connectivity index (χ4v) is 4.97. The lowest BCUT2D eigenvalue weighted by molar-refractivity contribution is -0.118. The minimum atomic E-state index is -3.94. The molecule has 156 valence electrons. The lowest BCUT2D eigenvalue weighted by atomic mass is 10.1. The number of halogens is 1. The molecular weight excluding hydrogens is 430 g/mol. The quantitative estimate of drug-likeness (QED) is 0.644. The van der Waals surface area contributed by atoms with E-state index >= 15 is 0 Å². The van der Waals surface area contributed by atoms with Crippen LogP contribution in [0.15, 0.2) is 53.9 Å². The van der Waals surface area contributed by atoms with Crippen LogP contribution in [0.5, 0.6) is 5.75 Å². The number of carbonyl (C=O) groups excluding carboxylic acids is 1. The normalized spacial score (nSPS) is 14.7. The molecule has 0 bridgehead atoms. The molecule has 0 unspecified atom stereocenters. The molecule has 0 aliphatic carbocycles. The van der Waals surface area contributed by atoms with E-state index in [0.29, 0.717) is 5.69 Å². The Kier molecular flexibility index (Phi) is 5.22. The van der Waals surface area contributed by atoms with Gasteiger partial charge in [0.25, 0.3) is 5.91 Å². The average Bonchev–Trinajstić information content (AvgIpc) is 3.27. The highest BCUT2D eigenvalue weighted by molar-refractivity contribution is 7.89. The van der Waals surface area contributed by atoms with Gasteiger partial charge >= 0.3 is 0 Å². The molecule has 1 atom stereocenters. The van der Waals surface area contributed by atoms with Gasteiger partial charge in [0, 0.05) is 19.2 Å². The topological polar surface area (TPSA) is 106 Å². The zero-order valence-corrected chi connectivity index (χ0v) is 17.7. The second kappa shape index (κ2) is 7.71. The molecule has 0 radical (unpaired) electrons. The number of aromatic nitrogens is 3. The van der Waals surface area contributed by atoms with Crippen molar-refractivity contribution < 1.29 is 17.9 Å². The minimum Gasteiger partial charge on any atom is -0.482 e. The van der Waals surface area contributed by atoms with E-state index in [0.717, 1.165) is 11.3 Å². The van der Waals surface area contributed by atoms with Gasteiger partial charge in [-0.2, -0.15) is 9.40 Å². The summed E-state index contributed by atoms with van der Waals surface area (Å²) in [6, 6.07) is 9.59. The number of rotatable bonds is 5. The number of anilines is 1. The van der Waals surface area contributed by atoms with Crippen LogP contribution in [-0.2, 0) is 14.8 Å². The summed E-state index contributed by atoms with van der Waals surface area (Å²) in [7, 11) is -2.45. The number of nitrogens with zero attached hydrogens (tertiary/aromatic N) is 4. The molecule has 2 heterocycles. The van der Waals surface area contributed by atoms with E-state index in [2.05, 4.69) is 15.4 Å². The Morgan fingerprint density at radius 2 is 2.00 bits per heavy atom. The molecule has 1 aliphatic rings. The number of amides is 1. The molecule has 1 aromatic heterocycles. The number of ether oxygens (including phenoxy) is 1. The predicted octanol–water partition coefficient (Wildman–Crippen LogP) is 2.63. The fraction of sp³-hybridized carbons (Fsp3) is 0.211. The van der Waals surface area contributed by atoms with Crippen molar-refractivity contribution in [2.24, 2.45) is 0 Å².